The number of benzene rings is 1. The van der Waals surface area contributed by atoms with Gasteiger partial charge in [-0.25, -0.2) is 0 Å². The number of nitrogens with one attached hydrogen (secondary N) is 1. The molecule has 3 N–H and O–H groups in total. The summed E-state index contributed by atoms with van der Waals surface area (Å²) in [4.78, 5) is 6.45. The van der Waals surface area contributed by atoms with Crippen LogP contribution in [0.5, 0.6) is 5.75 Å². The van der Waals surface area contributed by atoms with Crippen molar-refractivity contribution in [1.29, 1.82) is 0 Å². The molecule has 0 heterocycles. The lowest BCUT2D eigenvalue weighted by molar-refractivity contribution is -0.274. The Kier molecular flexibility index (Phi) is 8.39. The number of nitrogens with two attached hydrogens (primary N) is 1. The van der Waals surface area contributed by atoms with Gasteiger partial charge in [0, 0.05) is 6.54 Å². The highest BCUT2D eigenvalue weighted by atomic mass is 19.4. The second-order valence-electron chi connectivity index (χ2n) is 5.17. The van der Waals surface area contributed by atoms with E-state index in [1.165, 1.54) is 18.2 Å². The number of para-hydroxylation sites is 2. The van der Waals surface area contributed by atoms with Gasteiger partial charge in [0.2, 0.25) is 0 Å². The van der Waals surface area contributed by atoms with Crippen LogP contribution in [0.4, 0.5) is 18.9 Å². The standard InChI is InChI=1S/C16H25F3N4O/c1-3-23(4-2)12-8-7-11-21-15(20)22-13-9-5-6-10-14(13)24-16(17,18)19/h5-6,9-10H,3-4,7-8,11-12H2,1-2H3,(H3,20,21,22). The second kappa shape index (κ2) is 10.0. The molecule has 1 aromatic rings. The molecule has 24 heavy (non-hydrogen) atoms. The molecule has 0 saturated heterocycles. The van der Waals surface area contributed by atoms with E-state index < -0.39 is 6.36 Å². The quantitative estimate of drug-likeness (QED) is 0.408. The number of alkyl halides is 3. The minimum atomic E-state index is -4.76. The van der Waals surface area contributed by atoms with E-state index in [2.05, 4.69) is 33.8 Å². The maximum atomic E-state index is 12.4. The zero-order valence-corrected chi connectivity index (χ0v) is 14.1. The fourth-order valence-corrected chi connectivity index (χ4v) is 2.15. The Balaban J connectivity index is 2.48. The van der Waals surface area contributed by atoms with Crippen molar-refractivity contribution in [3.05, 3.63) is 24.3 Å². The van der Waals surface area contributed by atoms with Gasteiger partial charge in [0.05, 0.1) is 5.69 Å². The van der Waals surface area contributed by atoms with Gasteiger partial charge in [-0.3, -0.25) is 4.99 Å². The van der Waals surface area contributed by atoms with Gasteiger partial charge in [0.1, 0.15) is 0 Å². The summed E-state index contributed by atoms with van der Waals surface area (Å²) < 4.78 is 41.0. The molecular weight excluding hydrogens is 321 g/mol. The van der Waals surface area contributed by atoms with Crippen molar-refractivity contribution in [3.8, 4) is 5.75 Å². The number of unbranched alkanes of at least 4 members (excludes halogenated alkanes) is 1. The summed E-state index contributed by atoms with van der Waals surface area (Å²) in [5, 5.41) is 2.65. The van der Waals surface area contributed by atoms with E-state index in [4.69, 9.17) is 5.73 Å². The summed E-state index contributed by atoms with van der Waals surface area (Å²) in [6.07, 6.45) is -2.90. The Hall–Kier alpha value is -1.96. The number of hydrogen-bond acceptors (Lipinski definition) is 3. The molecule has 0 saturated carbocycles. The molecule has 0 amide bonds. The van der Waals surface area contributed by atoms with E-state index in [9.17, 15) is 13.2 Å². The second-order valence-corrected chi connectivity index (χ2v) is 5.17. The van der Waals surface area contributed by atoms with Gasteiger partial charge < -0.3 is 20.7 Å². The molecule has 1 rings (SSSR count). The molecule has 0 spiro atoms. The smallest absolute Gasteiger partial charge is 0.404 e. The van der Waals surface area contributed by atoms with Gasteiger partial charge in [-0.05, 0) is 44.6 Å². The van der Waals surface area contributed by atoms with Crippen molar-refractivity contribution in [2.75, 3.05) is 31.5 Å². The lowest BCUT2D eigenvalue weighted by Gasteiger charge is -2.17. The minimum Gasteiger partial charge on any atom is -0.404 e. The van der Waals surface area contributed by atoms with Crippen LogP contribution >= 0.6 is 0 Å². The van der Waals surface area contributed by atoms with Crippen LogP contribution in [0, 0.1) is 0 Å². The van der Waals surface area contributed by atoms with Crippen LogP contribution in [-0.4, -0.2) is 43.4 Å². The van der Waals surface area contributed by atoms with Crippen LogP contribution in [0.25, 0.3) is 0 Å². The Morgan fingerprint density at radius 3 is 2.50 bits per heavy atom. The van der Waals surface area contributed by atoms with E-state index in [0.717, 1.165) is 32.5 Å². The molecule has 1 aromatic carbocycles. The molecule has 5 nitrogen and oxygen atoms in total. The highest BCUT2D eigenvalue weighted by Crippen LogP contribution is 2.29. The molecule has 0 aliphatic rings. The highest BCUT2D eigenvalue weighted by molar-refractivity contribution is 5.93. The fourth-order valence-electron chi connectivity index (χ4n) is 2.15. The summed E-state index contributed by atoms with van der Waals surface area (Å²) in [5.74, 6) is -0.277. The normalized spacial score (nSPS) is 12.5. The average Bonchev–Trinajstić information content (AvgIpc) is 2.51. The fraction of sp³-hybridized carbons (Fsp3) is 0.562. The number of ether oxygens (including phenoxy) is 1. The van der Waals surface area contributed by atoms with Crippen LogP contribution in [-0.2, 0) is 0 Å². The predicted octanol–water partition coefficient (Wildman–Crippen LogP) is 3.43. The van der Waals surface area contributed by atoms with Gasteiger partial charge in [-0.2, -0.15) is 0 Å². The number of aliphatic imine (C=N–C) groups is 1. The molecule has 0 aromatic heterocycles. The van der Waals surface area contributed by atoms with Gasteiger partial charge in [-0.1, -0.05) is 26.0 Å². The van der Waals surface area contributed by atoms with E-state index in [-0.39, 0.29) is 17.4 Å². The number of guanidine groups is 1. The minimum absolute atomic E-state index is 0.0658. The Morgan fingerprint density at radius 1 is 1.21 bits per heavy atom. The van der Waals surface area contributed by atoms with Crippen LogP contribution in [0.2, 0.25) is 0 Å². The third kappa shape index (κ3) is 8.05. The van der Waals surface area contributed by atoms with Crippen molar-refractivity contribution in [3.63, 3.8) is 0 Å². The lowest BCUT2D eigenvalue weighted by atomic mass is 10.3. The predicted molar refractivity (Wildman–Crippen MR) is 90.3 cm³/mol. The molecular formula is C16H25F3N4O. The summed E-state index contributed by atoms with van der Waals surface area (Å²) in [5.41, 5.74) is 5.85. The molecule has 0 unspecified atom stereocenters. The number of hydrogen-bond donors (Lipinski definition) is 2. The molecule has 136 valence electrons. The van der Waals surface area contributed by atoms with Crippen molar-refractivity contribution in [2.24, 2.45) is 10.7 Å². The van der Waals surface area contributed by atoms with Crippen LogP contribution in [0.15, 0.2) is 29.3 Å². The molecule has 0 fully saturated rings. The monoisotopic (exact) mass is 346 g/mol. The summed E-state index contributed by atoms with van der Waals surface area (Å²) >= 11 is 0. The van der Waals surface area contributed by atoms with Crippen molar-refractivity contribution >= 4 is 11.6 Å². The summed E-state index contributed by atoms with van der Waals surface area (Å²) in [7, 11) is 0. The van der Waals surface area contributed by atoms with Gasteiger partial charge in [0.15, 0.2) is 11.7 Å². The van der Waals surface area contributed by atoms with Gasteiger partial charge in [-0.15, -0.1) is 13.2 Å². The molecule has 0 atom stereocenters. The van der Waals surface area contributed by atoms with E-state index in [1.807, 2.05) is 0 Å². The first-order valence-corrected chi connectivity index (χ1v) is 7.99. The Morgan fingerprint density at radius 2 is 1.88 bits per heavy atom. The molecule has 0 aliphatic carbocycles. The Bertz CT molecular complexity index is 516. The number of halogens is 3. The van der Waals surface area contributed by atoms with Gasteiger partial charge >= 0.3 is 6.36 Å². The van der Waals surface area contributed by atoms with Crippen molar-refractivity contribution in [2.45, 2.75) is 33.1 Å². The maximum Gasteiger partial charge on any atom is 0.573 e. The third-order valence-electron chi connectivity index (χ3n) is 3.43. The van der Waals surface area contributed by atoms with Crippen molar-refractivity contribution < 1.29 is 17.9 Å². The molecule has 0 radical (unpaired) electrons. The first kappa shape index (κ1) is 20.1. The summed E-state index contributed by atoms with van der Waals surface area (Å²) in [6.45, 7) is 7.77. The van der Waals surface area contributed by atoms with Gasteiger partial charge in [0.25, 0.3) is 0 Å². The third-order valence-corrected chi connectivity index (χ3v) is 3.43. The first-order chi connectivity index (χ1) is 11.4. The van der Waals surface area contributed by atoms with E-state index in [0.29, 0.717) is 6.54 Å². The first-order valence-electron chi connectivity index (χ1n) is 7.99. The number of anilines is 1. The summed E-state index contributed by atoms with van der Waals surface area (Å²) in [6, 6.07) is 5.70. The zero-order chi connectivity index (χ0) is 18.0. The van der Waals surface area contributed by atoms with E-state index >= 15 is 0 Å². The maximum absolute atomic E-state index is 12.4. The number of nitrogens with zero attached hydrogens (tertiary/aromatic N) is 2. The highest BCUT2D eigenvalue weighted by Gasteiger charge is 2.32. The largest absolute Gasteiger partial charge is 0.573 e. The molecule has 0 bridgehead atoms. The van der Waals surface area contributed by atoms with Crippen LogP contribution in [0.3, 0.4) is 0 Å². The zero-order valence-electron chi connectivity index (χ0n) is 14.1. The SMILES string of the molecule is CCN(CC)CCCCN=C(N)Nc1ccccc1OC(F)(F)F. The van der Waals surface area contributed by atoms with E-state index in [1.54, 1.807) is 6.07 Å². The Labute approximate surface area is 140 Å². The average molecular weight is 346 g/mol. The van der Waals surface area contributed by atoms with Crippen LogP contribution in [0.1, 0.15) is 26.7 Å². The van der Waals surface area contributed by atoms with Crippen LogP contribution < -0.4 is 15.8 Å². The topological polar surface area (TPSA) is 62.9 Å². The van der Waals surface area contributed by atoms with Crippen molar-refractivity contribution in [1.82, 2.24) is 4.90 Å². The molecule has 8 heteroatoms. The number of rotatable bonds is 9. The lowest BCUT2D eigenvalue weighted by Crippen LogP contribution is -2.25. The molecule has 0 aliphatic heterocycles.